The van der Waals surface area contributed by atoms with Gasteiger partial charge >= 0.3 is 17.9 Å². The first-order valence-corrected chi connectivity index (χ1v) is 22.7. The van der Waals surface area contributed by atoms with Crippen molar-refractivity contribution in [2.24, 2.45) is 0 Å². The first kappa shape index (κ1) is 50.1. The van der Waals surface area contributed by atoms with Gasteiger partial charge in [-0.1, -0.05) is 200 Å². The first-order valence-electron chi connectivity index (χ1n) is 22.7. The number of allylic oxidation sites excluding steroid dienone is 2. The Labute approximate surface area is 322 Å². The molecule has 0 bridgehead atoms. The molecule has 0 N–H and O–H groups in total. The zero-order valence-electron chi connectivity index (χ0n) is 34.8. The quantitative estimate of drug-likeness (QED) is 0.0269. The SMILES string of the molecule is CCCC/C=C\CCCCCCCC(=O)O[C@H](COC(=O)CCCCCCCCCCCC)COC(=O)CCCCCCCCCCCCCCC. The van der Waals surface area contributed by atoms with E-state index in [0.29, 0.717) is 19.3 Å². The minimum Gasteiger partial charge on any atom is -0.462 e. The number of ether oxygens (including phenoxy) is 3. The van der Waals surface area contributed by atoms with Crippen molar-refractivity contribution in [3.63, 3.8) is 0 Å². The molecule has 52 heavy (non-hydrogen) atoms. The molecule has 0 radical (unpaired) electrons. The van der Waals surface area contributed by atoms with Crippen LogP contribution in [-0.2, 0) is 28.6 Å². The molecule has 306 valence electrons. The van der Waals surface area contributed by atoms with Gasteiger partial charge in [0.15, 0.2) is 6.10 Å². The molecular weight excluding hydrogens is 648 g/mol. The van der Waals surface area contributed by atoms with Crippen LogP contribution in [0.4, 0.5) is 0 Å². The molecule has 0 aromatic rings. The lowest BCUT2D eigenvalue weighted by atomic mass is 10.0. The molecule has 0 aliphatic heterocycles. The van der Waals surface area contributed by atoms with Crippen molar-refractivity contribution in [3.05, 3.63) is 12.2 Å². The van der Waals surface area contributed by atoms with E-state index in [-0.39, 0.29) is 31.1 Å². The Morgan fingerprint density at radius 3 is 1.02 bits per heavy atom. The Kier molecular flexibility index (Phi) is 40.4. The van der Waals surface area contributed by atoms with Crippen LogP contribution in [0.15, 0.2) is 12.2 Å². The van der Waals surface area contributed by atoms with Crippen molar-refractivity contribution in [1.82, 2.24) is 0 Å². The molecule has 6 heteroatoms. The molecule has 0 spiro atoms. The summed E-state index contributed by atoms with van der Waals surface area (Å²) < 4.78 is 16.7. The molecular formula is C46H86O6. The fourth-order valence-electron chi connectivity index (χ4n) is 6.54. The van der Waals surface area contributed by atoms with Crippen molar-refractivity contribution < 1.29 is 28.6 Å². The smallest absolute Gasteiger partial charge is 0.306 e. The normalized spacial score (nSPS) is 12.0. The largest absolute Gasteiger partial charge is 0.462 e. The van der Waals surface area contributed by atoms with Gasteiger partial charge in [-0.25, -0.2) is 0 Å². The van der Waals surface area contributed by atoms with Gasteiger partial charge in [0.1, 0.15) is 13.2 Å². The summed E-state index contributed by atoms with van der Waals surface area (Å²) in [6.07, 6.45) is 43.3. The second-order valence-corrected chi connectivity index (χ2v) is 15.3. The summed E-state index contributed by atoms with van der Waals surface area (Å²) in [5.41, 5.74) is 0. The number of esters is 3. The van der Waals surface area contributed by atoms with Crippen LogP contribution in [0.1, 0.15) is 245 Å². The van der Waals surface area contributed by atoms with E-state index in [2.05, 4.69) is 32.9 Å². The highest BCUT2D eigenvalue weighted by atomic mass is 16.6. The Morgan fingerprint density at radius 2 is 0.654 bits per heavy atom. The zero-order chi connectivity index (χ0) is 38.0. The van der Waals surface area contributed by atoms with Crippen LogP contribution in [0.2, 0.25) is 0 Å². The van der Waals surface area contributed by atoms with E-state index in [4.69, 9.17) is 14.2 Å². The van der Waals surface area contributed by atoms with Crippen LogP contribution in [0, 0.1) is 0 Å². The Balaban J connectivity index is 4.33. The van der Waals surface area contributed by atoms with E-state index in [9.17, 15) is 14.4 Å². The van der Waals surface area contributed by atoms with Crippen LogP contribution in [-0.4, -0.2) is 37.2 Å². The zero-order valence-corrected chi connectivity index (χ0v) is 34.8. The maximum absolute atomic E-state index is 12.7. The number of carbonyl (C=O) groups excluding carboxylic acids is 3. The molecule has 0 aliphatic rings. The van der Waals surface area contributed by atoms with Gasteiger partial charge in [0.2, 0.25) is 0 Å². The summed E-state index contributed by atoms with van der Waals surface area (Å²) in [7, 11) is 0. The van der Waals surface area contributed by atoms with Crippen LogP contribution in [0.3, 0.4) is 0 Å². The second-order valence-electron chi connectivity index (χ2n) is 15.3. The number of rotatable bonds is 41. The lowest BCUT2D eigenvalue weighted by Crippen LogP contribution is -2.30. The third-order valence-electron chi connectivity index (χ3n) is 10.0. The van der Waals surface area contributed by atoms with Crippen molar-refractivity contribution in [2.45, 2.75) is 252 Å². The summed E-state index contributed by atoms with van der Waals surface area (Å²) >= 11 is 0. The molecule has 0 unspecified atom stereocenters. The van der Waals surface area contributed by atoms with Gasteiger partial charge in [0.25, 0.3) is 0 Å². The van der Waals surface area contributed by atoms with E-state index >= 15 is 0 Å². The lowest BCUT2D eigenvalue weighted by Gasteiger charge is -2.18. The number of hydrogen-bond donors (Lipinski definition) is 0. The number of carbonyl (C=O) groups is 3. The molecule has 0 aromatic carbocycles. The van der Waals surface area contributed by atoms with Gasteiger partial charge in [-0.05, 0) is 38.5 Å². The van der Waals surface area contributed by atoms with Gasteiger partial charge in [-0.2, -0.15) is 0 Å². The van der Waals surface area contributed by atoms with Crippen LogP contribution in [0.5, 0.6) is 0 Å². The molecule has 0 rings (SSSR count). The summed E-state index contributed by atoms with van der Waals surface area (Å²) in [5, 5.41) is 0. The monoisotopic (exact) mass is 735 g/mol. The Hall–Kier alpha value is -1.85. The molecule has 6 nitrogen and oxygen atoms in total. The van der Waals surface area contributed by atoms with E-state index in [0.717, 1.165) is 64.2 Å². The van der Waals surface area contributed by atoms with E-state index in [1.807, 2.05) is 0 Å². The summed E-state index contributed by atoms with van der Waals surface area (Å²) in [6, 6.07) is 0. The highest BCUT2D eigenvalue weighted by molar-refractivity contribution is 5.71. The first-order chi connectivity index (χ1) is 25.5. The van der Waals surface area contributed by atoms with Gasteiger partial charge < -0.3 is 14.2 Å². The molecule has 0 heterocycles. The lowest BCUT2D eigenvalue weighted by molar-refractivity contribution is -0.167. The van der Waals surface area contributed by atoms with Crippen LogP contribution < -0.4 is 0 Å². The molecule has 0 amide bonds. The minimum atomic E-state index is -0.765. The average molecular weight is 735 g/mol. The highest BCUT2D eigenvalue weighted by Gasteiger charge is 2.19. The molecule has 0 saturated carbocycles. The van der Waals surface area contributed by atoms with E-state index in [1.165, 1.54) is 141 Å². The predicted molar refractivity (Wildman–Crippen MR) is 220 cm³/mol. The third-order valence-corrected chi connectivity index (χ3v) is 10.0. The minimum absolute atomic E-state index is 0.0691. The van der Waals surface area contributed by atoms with Crippen molar-refractivity contribution in [3.8, 4) is 0 Å². The summed E-state index contributed by atoms with van der Waals surface area (Å²) in [6.45, 7) is 6.59. The van der Waals surface area contributed by atoms with E-state index < -0.39 is 6.10 Å². The van der Waals surface area contributed by atoms with Gasteiger partial charge in [0, 0.05) is 19.3 Å². The fourth-order valence-corrected chi connectivity index (χ4v) is 6.54. The molecule has 0 fully saturated rings. The fraction of sp³-hybridized carbons (Fsp3) is 0.891. The van der Waals surface area contributed by atoms with E-state index in [1.54, 1.807) is 0 Å². The standard InChI is InChI=1S/C46H86O6/c1-4-7-10-13-16-19-22-23-25-27-30-33-36-39-45(48)51-42-43(41-50-44(47)38-35-32-29-26-21-18-15-12-9-6-3)52-46(49)40-37-34-31-28-24-20-17-14-11-8-5-2/h14,17,43H,4-13,15-16,18-42H2,1-3H3/b17-14-/t43-/m1/s1. The Morgan fingerprint density at radius 1 is 0.365 bits per heavy atom. The molecule has 0 saturated heterocycles. The average Bonchev–Trinajstić information content (AvgIpc) is 3.14. The maximum Gasteiger partial charge on any atom is 0.306 e. The summed E-state index contributed by atoms with van der Waals surface area (Å²) in [4.78, 5) is 37.6. The molecule has 1 atom stereocenters. The highest BCUT2D eigenvalue weighted by Crippen LogP contribution is 2.15. The topological polar surface area (TPSA) is 78.9 Å². The van der Waals surface area contributed by atoms with Crippen LogP contribution in [0.25, 0.3) is 0 Å². The van der Waals surface area contributed by atoms with Crippen molar-refractivity contribution in [2.75, 3.05) is 13.2 Å². The molecule has 0 aliphatic carbocycles. The summed E-state index contributed by atoms with van der Waals surface area (Å²) in [5.74, 6) is -0.873. The van der Waals surface area contributed by atoms with Crippen molar-refractivity contribution in [1.29, 1.82) is 0 Å². The Bertz CT molecular complexity index is 809. The number of hydrogen-bond acceptors (Lipinski definition) is 6. The van der Waals surface area contributed by atoms with Gasteiger partial charge in [-0.3, -0.25) is 14.4 Å². The van der Waals surface area contributed by atoms with Crippen LogP contribution >= 0.6 is 0 Å². The predicted octanol–water partition coefficient (Wildman–Crippen LogP) is 14.3. The van der Waals surface area contributed by atoms with Gasteiger partial charge in [-0.15, -0.1) is 0 Å². The second kappa shape index (κ2) is 41.9. The molecule has 0 aromatic heterocycles. The third kappa shape index (κ3) is 39.4. The number of unbranched alkanes of at least 4 members (excludes halogenated alkanes) is 28. The van der Waals surface area contributed by atoms with Crippen molar-refractivity contribution >= 4 is 17.9 Å². The van der Waals surface area contributed by atoms with Gasteiger partial charge in [0.05, 0.1) is 0 Å². The maximum atomic E-state index is 12.7.